The smallest absolute Gasteiger partial charge is 0.333 e. The first kappa shape index (κ1) is 17.5. The fraction of sp³-hybridized carbons (Fsp3) is 0.800. The minimum atomic E-state index is -0.394. The van der Waals surface area contributed by atoms with Gasteiger partial charge in [0.2, 0.25) is 0 Å². The summed E-state index contributed by atoms with van der Waals surface area (Å²) in [5.41, 5.74) is 0.162. The molecule has 24 heavy (non-hydrogen) atoms. The van der Waals surface area contributed by atoms with Crippen LogP contribution in [0, 0.1) is 23.7 Å². The molecule has 0 aromatic carbocycles. The van der Waals surface area contributed by atoms with Crippen molar-refractivity contribution in [3.8, 4) is 0 Å². The number of carbonyl (C=O) groups excluding carboxylic acids is 2. The fourth-order valence-electron chi connectivity index (χ4n) is 5.57. The van der Waals surface area contributed by atoms with Crippen molar-refractivity contribution in [1.82, 2.24) is 0 Å². The molecule has 0 aromatic heterocycles. The molecule has 0 aromatic rings. The van der Waals surface area contributed by atoms with Crippen molar-refractivity contribution in [2.24, 2.45) is 23.7 Å². The maximum Gasteiger partial charge on any atom is 0.333 e. The highest BCUT2D eigenvalue weighted by Gasteiger charge is 2.58. The maximum absolute atomic E-state index is 12.4. The number of rotatable bonds is 7. The van der Waals surface area contributed by atoms with Crippen LogP contribution in [0.3, 0.4) is 0 Å². The van der Waals surface area contributed by atoms with Crippen molar-refractivity contribution in [1.29, 1.82) is 0 Å². The van der Waals surface area contributed by atoms with E-state index in [1.54, 1.807) is 6.92 Å². The molecule has 0 amide bonds. The van der Waals surface area contributed by atoms with Gasteiger partial charge in [-0.05, 0) is 75.5 Å². The van der Waals surface area contributed by atoms with Crippen molar-refractivity contribution >= 4 is 11.9 Å². The summed E-state index contributed by atoms with van der Waals surface area (Å²) in [6.07, 6.45) is 8.12. The zero-order valence-electron chi connectivity index (χ0n) is 15.0. The summed E-state index contributed by atoms with van der Waals surface area (Å²) in [7, 11) is 0. The van der Waals surface area contributed by atoms with Crippen LogP contribution in [0.2, 0.25) is 0 Å². The second kappa shape index (κ2) is 6.89. The molecule has 4 nitrogen and oxygen atoms in total. The van der Waals surface area contributed by atoms with E-state index in [-0.39, 0.29) is 18.2 Å². The van der Waals surface area contributed by atoms with Gasteiger partial charge in [0.15, 0.2) is 0 Å². The van der Waals surface area contributed by atoms with E-state index in [9.17, 15) is 9.59 Å². The summed E-state index contributed by atoms with van der Waals surface area (Å²) in [6, 6.07) is 0. The summed E-state index contributed by atoms with van der Waals surface area (Å²) in [4.78, 5) is 23.7. The van der Waals surface area contributed by atoms with Crippen molar-refractivity contribution in [2.75, 3.05) is 6.61 Å². The van der Waals surface area contributed by atoms with Crippen LogP contribution in [0.15, 0.2) is 12.2 Å². The first-order chi connectivity index (χ1) is 11.4. The van der Waals surface area contributed by atoms with E-state index < -0.39 is 5.97 Å². The molecule has 4 fully saturated rings. The summed E-state index contributed by atoms with van der Waals surface area (Å²) >= 11 is 0. The van der Waals surface area contributed by atoms with Crippen LogP contribution >= 0.6 is 0 Å². The van der Waals surface area contributed by atoms with Crippen molar-refractivity contribution in [3.05, 3.63) is 12.2 Å². The van der Waals surface area contributed by atoms with Gasteiger partial charge in [0.1, 0.15) is 5.60 Å². The normalized spacial score (nSPS) is 36.4. The van der Waals surface area contributed by atoms with Gasteiger partial charge in [0, 0.05) is 12.0 Å². The molecular formula is C20H30O4. The van der Waals surface area contributed by atoms with Gasteiger partial charge >= 0.3 is 11.9 Å². The average Bonchev–Trinajstić information content (AvgIpc) is 2.54. The van der Waals surface area contributed by atoms with E-state index in [0.717, 1.165) is 18.3 Å². The predicted molar refractivity (Wildman–Crippen MR) is 91.2 cm³/mol. The zero-order chi connectivity index (χ0) is 17.3. The molecule has 4 heteroatoms. The molecule has 0 aliphatic heterocycles. The Hall–Kier alpha value is -1.32. The van der Waals surface area contributed by atoms with E-state index in [2.05, 4.69) is 13.5 Å². The van der Waals surface area contributed by atoms with Crippen LogP contribution in [0.4, 0.5) is 0 Å². The Morgan fingerprint density at radius 3 is 2.17 bits per heavy atom. The van der Waals surface area contributed by atoms with Crippen molar-refractivity contribution in [2.45, 2.75) is 70.8 Å². The van der Waals surface area contributed by atoms with Gasteiger partial charge in [-0.15, -0.1) is 0 Å². The lowest BCUT2D eigenvalue weighted by Crippen LogP contribution is -2.59. The monoisotopic (exact) mass is 334 g/mol. The van der Waals surface area contributed by atoms with Crippen LogP contribution < -0.4 is 0 Å². The second-order valence-corrected chi connectivity index (χ2v) is 8.11. The molecule has 4 aliphatic rings. The number of hydrogen-bond acceptors (Lipinski definition) is 4. The summed E-state index contributed by atoms with van der Waals surface area (Å²) in [5.74, 6) is 2.33. The maximum atomic E-state index is 12.4. The van der Waals surface area contributed by atoms with E-state index in [4.69, 9.17) is 9.47 Å². The Morgan fingerprint density at radius 2 is 1.67 bits per heavy atom. The van der Waals surface area contributed by atoms with Gasteiger partial charge in [0.05, 0.1) is 6.61 Å². The van der Waals surface area contributed by atoms with E-state index in [0.29, 0.717) is 30.3 Å². The first-order valence-corrected chi connectivity index (χ1v) is 9.49. The van der Waals surface area contributed by atoms with Gasteiger partial charge in [-0.25, -0.2) is 4.79 Å². The third-order valence-corrected chi connectivity index (χ3v) is 6.48. The Bertz CT molecular complexity index is 494. The number of hydrogen-bond donors (Lipinski definition) is 0. The fourth-order valence-corrected chi connectivity index (χ4v) is 5.57. The van der Waals surface area contributed by atoms with E-state index in [1.807, 2.05) is 0 Å². The van der Waals surface area contributed by atoms with Crippen molar-refractivity contribution < 1.29 is 19.1 Å². The average molecular weight is 334 g/mol. The Kier molecular flexibility index (Phi) is 5.03. The molecule has 4 aliphatic carbocycles. The Morgan fingerprint density at radius 1 is 1.08 bits per heavy atom. The molecule has 0 spiro atoms. The molecule has 0 N–H and O–H groups in total. The molecule has 0 unspecified atom stereocenters. The third kappa shape index (κ3) is 3.25. The molecule has 0 atom stereocenters. The largest absolute Gasteiger partial charge is 0.462 e. The quantitative estimate of drug-likeness (QED) is 0.401. The summed E-state index contributed by atoms with van der Waals surface area (Å²) in [5, 5.41) is 0. The molecule has 0 heterocycles. The van der Waals surface area contributed by atoms with E-state index in [1.165, 1.54) is 32.1 Å². The minimum absolute atomic E-state index is 0.129. The zero-order valence-corrected chi connectivity index (χ0v) is 15.0. The van der Waals surface area contributed by atoms with Crippen molar-refractivity contribution in [3.63, 3.8) is 0 Å². The van der Waals surface area contributed by atoms with Crippen LogP contribution in [0.1, 0.15) is 65.2 Å². The van der Waals surface area contributed by atoms with Crippen LogP contribution in [0.25, 0.3) is 0 Å². The molecule has 4 bridgehead atoms. The van der Waals surface area contributed by atoms with Gasteiger partial charge in [0.25, 0.3) is 0 Å². The van der Waals surface area contributed by atoms with Gasteiger partial charge in [-0.1, -0.05) is 13.5 Å². The number of esters is 2. The molecule has 4 rings (SSSR count). The lowest BCUT2D eigenvalue weighted by atomic mass is 9.49. The number of carbonyl (C=O) groups is 2. The van der Waals surface area contributed by atoms with E-state index >= 15 is 0 Å². The molecule has 134 valence electrons. The lowest BCUT2D eigenvalue weighted by Gasteiger charge is -2.60. The number of ether oxygens (including phenoxy) is 2. The van der Waals surface area contributed by atoms with Gasteiger partial charge < -0.3 is 9.47 Å². The summed E-state index contributed by atoms with van der Waals surface area (Å²) in [6.45, 7) is 7.58. The van der Waals surface area contributed by atoms with Crippen LogP contribution in [-0.2, 0) is 19.1 Å². The van der Waals surface area contributed by atoms with Gasteiger partial charge in [-0.3, -0.25) is 4.79 Å². The third-order valence-electron chi connectivity index (χ3n) is 6.48. The highest BCUT2D eigenvalue weighted by molar-refractivity contribution is 5.86. The first-order valence-electron chi connectivity index (χ1n) is 9.49. The lowest BCUT2D eigenvalue weighted by molar-refractivity contribution is -0.211. The molecule has 0 saturated heterocycles. The molecular weight excluding hydrogens is 304 g/mol. The standard InChI is InChI=1S/C20H30O4/c1-4-20(16-9-14-8-15(11-16)12-17(20)10-14)24-18(21)6-5-7-23-19(22)13(2)3/h14-17H,2,4-12H2,1,3H3. The topological polar surface area (TPSA) is 52.6 Å². The predicted octanol–water partition coefficient (Wildman–Crippen LogP) is 4.03. The highest BCUT2D eigenvalue weighted by atomic mass is 16.6. The molecule has 0 radical (unpaired) electrons. The highest BCUT2D eigenvalue weighted by Crippen LogP contribution is 2.60. The Balaban J connectivity index is 1.51. The Labute approximate surface area is 145 Å². The summed E-state index contributed by atoms with van der Waals surface area (Å²) < 4.78 is 11.2. The second-order valence-electron chi connectivity index (χ2n) is 8.11. The van der Waals surface area contributed by atoms with Gasteiger partial charge in [-0.2, -0.15) is 0 Å². The van der Waals surface area contributed by atoms with Crippen LogP contribution in [0.5, 0.6) is 0 Å². The minimum Gasteiger partial charge on any atom is -0.462 e. The van der Waals surface area contributed by atoms with Crippen LogP contribution in [-0.4, -0.2) is 24.1 Å². The SMILES string of the molecule is C=C(C)C(=O)OCCCC(=O)OC1(CC)C2CC3CC(C2)CC1C3. The molecule has 4 saturated carbocycles.